The fourth-order valence-corrected chi connectivity index (χ4v) is 4.76. The highest BCUT2D eigenvalue weighted by Crippen LogP contribution is 2.39. The van der Waals surface area contributed by atoms with Gasteiger partial charge >= 0.3 is 0 Å². The van der Waals surface area contributed by atoms with Crippen LogP contribution in [0.5, 0.6) is 17.2 Å². The predicted octanol–water partition coefficient (Wildman–Crippen LogP) is 3.50. The predicted molar refractivity (Wildman–Crippen MR) is 125 cm³/mol. The van der Waals surface area contributed by atoms with Crippen LogP contribution in [0.15, 0.2) is 65.6 Å². The van der Waals surface area contributed by atoms with E-state index in [1.165, 1.54) is 33.5 Å². The van der Waals surface area contributed by atoms with Gasteiger partial charge in [-0.1, -0.05) is 0 Å². The summed E-state index contributed by atoms with van der Waals surface area (Å²) >= 11 is 0. The summed E-state index contributed by atoms with van der Waals surface area (Å²) in [5.74, 6) is -0.698. The van der Waals surface area contributed by atoms with Gasteiger partial charge in [0.05, 0.1) is 31.9 Å². The van der Waals surface area contributed by atoms with Crippen LogP contribution in [0.2, 0.25) is 0 Å². The first-order chi connectivity index (χ1) is 16.7. The number of benzene rings is 3. The molecule has 0 bridgehead atoms. The minimum atomic E-state index is -4.27. The Morgan fingerprint density at radius 2 is 1.40 bits per heavy atom. The topological polar surface area (TPSA) is 94.2 Å². The molecule has 11 heteroatoms. The average molecular weight is 507 g/mol. The quantitative estimate of drug-likeness (QED) is 0.452. The molecule has 0 aliphatic rings. The van der Waals surface area contributed by atoms with E-state index in [0.29, 0.717) is 22.8 Å². The molecule has 0 atom stereocenters. The first kappa shape index (κ1) is 25.8. The van der Waals surface area contributed by atoms with E-state index in [2.05, 4.69) is 5.32 Å². The molecular weight excluding hydrogens is 482 g/mol. The van der Waals surface area contributed by atoms with E-state index in [1.54, 1.807) is 12.1 Å². The van der Waals surface area contributed by atoms with Crippen molar-refractivity contribution in [3.63, 3.8) is 0 Å². The van der Waals surface area contributed by atoms with Gasteiger partial charge in [0.15, 0.2) is 11.5 Å². The van der Waals surface area contributed by atoms with E-state index >= 15 is 0 Å². The Labute approximate surface area is 202 Å². The van der Waals surface area contributed by atoms with E-state index < -0.39 is 34.1 Å². The summed E-state index contributed by atoms with van der Waals surface area (Å²) < 4.78 is 70.1. The molecule has 3 aromatic rings. The Balaban J connectivity index is 1.86. The number of amides is 1. The lowest BCUT2D eigenvalue weighted by atomic mass is 10.1. The number of sulfonamides is 1. The van der Waals surface area contributed by atoms with Gasteiger partial charge in [-0.25, -0.2) is 17.2 Å². The molecule has 0 aliphatic heterocycles. The molecule has 0 fully saturated rings. The standard InChI is InChI=1S/C24H24F2N2O6S/c1-32-21-13-4-16(23(33-2)24(21)34-3)14-27-22(29)15-28(19-9-5-17(25)6-10-19)35(30,31)20-11-7-18(26)8-12-20/h4-13H,14-15H2,1-3H3,(H,27,29). The summed E-state index contributed by atoms with van der Waals surface area (Å²) in [6.07, 6.45) is 0. The summed E-state index contributed by atoms with van der Waals surface area (Å²) in [6.45, 7) is -0.614. The largest absolute Gasteiger partial charge is 0.493 e. The van der Waals surface area contributed by atoms with Gasteiger partial charge in [0.1, 0.15) is 18.2 Å². The summed E-state index contributed by atoms with van der Waals surface area (Å²) in [6, 6.07) is 12.1. The lowest BCUT2D eigenvalue weighted by Gasteiger charge is -2.24. The molecule has 0 aliphatic carbocycles. The van der Waals surface area contributed by atoms with Crippen molar-refractivity contribution in [2.45, 2.75) is 11.4 Å². The third-order valence-corrected chi connectivity index (χ3v) is 6.85. The number of nitrogens with one attached hydrogen (secondary N) is 1. The minimum Gasteiger partial charge on any atom is -0.493 e. The van der Waals surface area contributed by atoms with E-state index in [4.69, 9.17) is 14.2 Å². The lowest BCUT2D eigenvalue weighted by Crippen LogP contribution is -2.40. The minimum absolute atomic E-state index is 0.00376. The van der Waals surface area contributed by atoms with E-state index in [1.807, 2.05) is 0 Å². The van der Waals surface area contributed by atoms with Crippen LogP contribution in [-0.4, -0.2) is 42.2 Å². The summed E-state index contributed by atoms with van der Waals surface area (Å²) in [5, 5.41) is 2.65. The molecule has 8 nitrogen and oxygen atoms in total. The molecule has 0 spiro atoms. The first-order valence-corrected chi connectivity index (χ1v) is 11.7. The summed E-state index contributed by atoms with van der Waals surface area (Å²) in [7, 11) is 0.0911. The molecule has 3 aromatic carbocycles. The summed E-state index contributed by atoms with van der Waals surface area (Å²) in [5.41, 5.74) is 0.628. The number of hydrogen-bond acceptors (Lipinski definition) is 6. The molecule has 35 heavy (non-hydrogen) atoms. The van der Waals surface area contributed by atoms with Crippen molar-refractivity contribution in [2.24, 2.45) is 0 Å². The highest BCUT2D eigenvalue weighted by atomic mass is 32.2. The second-order valence-electron chi connectivity index (χ2n) is 7.21. The average Bonchev–Trinajstić information content (AvgIpc) is 2.86. The number of hydrogen-bond donors (Lipinski definition) is 1. The van der Waals surface area contributed by atoms with Crippen LogP contribution in [-0.2, 0) is 21.4 Å². The summed E-state index contributed by atoms with van der Waals surface area (Å²) in [4.78, 5) is 12.6. The Bertz CT molecular complexity index is 1280. The monoisotopic (exact) mass is 506 g/mol. The molecule has 1 amide bonds. The van der Waals surface area contributed by atoms with E-state index in [-0.39, 0.29) is 17.1 Å². The maximum Gasteiger partial charge on any atom is 0.264 e. The zero-order valence-electron chi connectivity index (χ0n) is 19.2. The number of ether oxygens (including phenoxy) is 3. The molecule has 0 heterocycles. The number of anilines is 1. The molecule has 0 saturated carbocycles. The number of methoxy groups -OCH3 is 3. The maximum atomic E-state index is 13.5. The number of halogens is 2. The fraction of sp³-hybridized carbons (Fsp3) is 0.208. The molecular formula is C24H24F2N2O6S. The van der Waals surface area contributed by atoms with Crippen molar-refractivity contribution in [3.05, 3.63) is 77.9 Å². The normalized spacial score (nSPS) is 11.0. The molecule has 0 unspecified atom stereocenters. The maximum absolute atomic E-state index is 13.5. The molecule has 186 valence electrons. The number of rotatable bonds is 10. The van der Waals surface area contributed by atoms with Gasteiger partial charge in [-0.05, 0) is 60.7 Å². The van der Waals surface area contributed by atoms with Crippen molar-refractivity contribution in [1.82, 2.24) is 5.32 Å². The Morgan fingerprint density at radius 1 is 0.829 bits per heavy atom. The van der Waals surface area contributed by atoms with Crippen LogP contribution in [0, 0.1) is 11.6 Å². The van der Waals surface area contributed by atoms with Gasteiger partial charge in [-0.2, -0.15) is 0 Å². The van der Waals surface area contributed by atoms with Gasteiger partial charge in [-0.15, -0.1) is 0 Å². The van der Waals surface area contributed by atoms with Crippen LogP contribution in [0.4, 0.5) is 14.5 Å². The zero-order valence-corrected chi connectivity index (χ0v) is 20.1. The third kappa shape index (κ3) is 5.80. The van der Waals surface area contributed by atoms with Crippen molar-refractivity contribution in [2.75, 3.05) is 32.2 Å². The SMILES string of the molecule is COc1ccc(CNC(=O)CN(c2ccc(F)cc2)S(=O)(=O)c2ccc(F)cc2)c(OC)c1OC. The van der Waals surface area contributed by atoms with Crippen LogP contribution in [0.1, 0.15) is 5.56 Å². The number of carbonyl (C=O) groups excluding carboxylic acids is 1. The molecule has 0 radical (unpaired) electrons. The highest BCUT2D eigenvalue weighted by molar-refractivity contribution is 7.92. The Morgan fingerprint density at radius 3 is 1.94 bits per heavy atom. The van der Waals surface area contributed by atoms with Crippen LogP contribution in [0.25, 0.3) is 0 Å². The van der Waals surface area contributed by atoms with Crippen LogP contribution < -0.4 is 23.8 Å². The lowest BCUT2D eigenvalue weighted by molar-refractivity contribution is -0.119. The van der Waals surface area contributed by atoms with Crippen molar-refractivity contribution < 1.29 is 36.2 Å². The van der Waals surface area contributed by atoms with Crippen molar-refractivity contribution in [1.29, 1.82) is 0 Å². The highest BCUT2D eigenvalue weighted by Gasteiger charge is 2.27. The van der Waals surface area contributed by atoms with E-state index in [9.17, 15) is 22.0 Å². The second-order valence-corrected chi connectivity index (χ2v) is 9.07. The van der Waals surface area contributed by atoms with Gasteiger partial charge in [0.25, 0.3) is 10.0 Å². The molecule has 1 N–H and O–H groups in total. The third-order valence-electron chi connectivity index (χ3n) is 5.07. The fourth-order valence-electron chi connectivity index (χ4n) is 3.34. The Kier molecular flexibility index (Phi) is 8.13. The first-order valence-electron chi connectivity index (χ1n) is 10.3. The molecule has 0 aromatic heterocycles. The van der Waals surface area contributed by atoms with Gasteiger partial charge in [0.2, 0.25) is 11.7 Å². The number of nitrogens with zero attached hydrogens (tertiary/aromatic N) is 1. The van der Waals surface area contributed by atoms with Crippen molar-refractivity contribution >= 4 is 21.6 Å². The van der Waals surface area contributed by atoms with Gasteiger partial charge in [0, 0.05) is 12.1 Å². The zero-order chi connectivity index (χ0) is 25.6. The second kappa shape index (κ2) is 11.0. The van der Waals surface area contributed by atoms with E-state index in [0.717, 1.165) is 40.7 Å². The number of carbonyl (C=O) groups is 1. The molecule has 0 saturated heterocycles. The van der Waals surface area contributed by atoms with Crippen LogP contribution >= 0.6 is 0 Å². The van der Waals surface area contributed by atoms with Gasteiger partial charge in [-0.3, -0.25) is 9.10 Å². The van der Waals surface area contributed by atoms with Crippen LogP contribution in [0.3, 0.4) is 0 Å². The Hall–Kier alpha value is -3.86. The smallest absolute Gasteiger partial charge is 0.264 e. The molecule has 3 rings (SSSR count). The van der Waals surface area contributed by atoms with Crippen molar-refractivity contribution in [3.8, 4) is 17.2 Å². The van der Waals surface area contributed by atoms with Gasteiger partial charge < -0.3 is 19.5 Å².